The molecule has 2 N–H and O–H groups in total. The number of hydrogen-bond acceptors (Lipinski definition) is 4. The van der Waals surface area contributed by atoms with Crippen LogP contribution in [0, 0.1) is 6.92 Å². The number of nitrogens with one attached hydrogen (secondary N) is 2. The number of amides is 3. The van der Waals surface area contributed by atoms with E-state index in [2.05, 4.69) is 10.6 Å². The highest BCUT2D eigenvalue weighted by molar-refractivity contribution is 5.94. The molecule has 0 saturated heterocycles. The number of ether oxygens (including phenoxy) is 2. The summed E-state index contributed by atoms with van der Waals surface area (Å²) in [5.74, 6) is 1.04. The highest BCUT2D eigenvalue weighted by Crippen LogP contribution is 2.38. The minimum absolute atomic E-state index is 0.188. The second-order valence-electron chi connectivity index (χ2n) is 8.24. The van der Waals surface area contributed by atoms with Crippen molar-refractivity contribution in [3.05, 3.63) is 89.0 Å². The van der Waals surface area contributed by atoms with Crippen molar-refractivity contribution < 1.29 is 19.1 Å². The zero-order valence-corrected chi connectivity index (χ0v) is 19.6. The number of nitrogens with zero attached hydrogens (tertiary/aromatic N) is 1. The minimum atomic E-state index is -0.374. The van der Waals surface area contributed by atoms with Crippen LogP contribution in [0.3, 0.4) is 0 Å². The molecular formula is C27H29N3O4. The SMILES string of the molecule is COc1cc2c(cc1OC)C(CNC(=O)c1ccccc1)N(C(=O)Nc1cccc(C)c1)CC2. The predicted octanol–water partition coefficient (Wildman–Crippen LogP) is 4.57. The van der Waals surface area contributed by atoms with Crippen molar-refractivity contribution in [3.8, 4) is 11.5 Å². The van der Waals surface area contributed by atoms with Crippen molar-refractivity contribution in [2.45, 2.75) is 19.4 Å². The molecule has 7 nitrogen and oxygen atoms in total. The van der Waals surface area contributed by atoms with Crippen LogP contribution in [-0.2, 0) is 6.42 Å². The Labute approximate surface area is 199 Å². The third-order valence-electron chi connectivity index (χ3n) is 6.02. The molecule has 7 heteroatoms. The first-order chi connectivity index (χ1) is 16.5. The number of aryl methyl sites for hydroxylation is 1. The summed E-state index contributed by atoms with van der Waals surface area (Å²) in [6.07, 6.45) is 0.667. The number of benzene rings is 3. The summed E-state index contributed by atoms with van der Waals surface area (Å²) in [5.41, 5.74) is 4.36. The van der Waals surface area contributed by atoms with E-state index in [1.54, 1.807) is 31.3 Å². The Balaban J connectivity index is 1.63. The van der Waals surface area contributed by atoms with Crippen LogP contribution in [0.1, 0.15) is 33.1 Å². The molecule has 0 aliphatic carbocycles. The number of carbonyl (C=O) groups is 2. The summed E-state index contributed by atoms with van der Waals surface area (Å²) >= 11 is 0. The van der Waals surface area contributed by atoms with Crippen LogP contribution in [0.5, 0.6) is 11.5 Å². The van der Waals surface area contributed by atoms with Gasteiger partial charge in [-0.1, -0.05) is 30.3 Å². The van der Waals surface area contributed by atoms with E-state index in [-0.39, 0.29) is 24.5 Å². The topological polar surface area (TPSA) is 79.9 Å². The largest absolute Gasteiger partial charge is 0.493 e. The zero-order valence-electron chi connectivity index (χ0n) is 19.6. The Morgan fingerprint density at radius 3 is 2.41 bits per heavy atom. The highest BCUT2D eigenvalue weighted by Gasteiger charge is 2.32. The Morgan fingerprint density at radius 2 is 1.71 bits per heavy atom. The summed E-state index contributed by atoms with van der Waals surface area (Å²) in [5, 5.41) is 6.00. The zero-order chi connectivity index (χ0) is 24.1. The number of anilines is 1. The fourth-order valence-corrected chi connectivity index (χ4v) is 4.29. The first-order valence-corrected chi connectivity index (χ1v) is 11.2. The van der Waals surface area contributed by atoms with Crippen molar-refractivity contribution >= 4 is 17.6 Å². The molecular weight excluding hydrogens is 430 g/mol. The molecule has 1 atom stereocenters. The molecule has 1 heterocycles. The number of hydrogen-bond donors (Lipinski definition) is 2. The van der Waals surface area contributed by atoms with Gasteiger partial charge < -0.3 is 25.0 Å². The minimum Gasteiger partial charge on any atom is -0.493 e. The van der Waals surface area contributed by atoms with Gasteiger partial charge in [-0.05, 0) is 66.4 Å². The Morgan fingerprint density at radius 1 is 0.971 bits per heavy atom. The second kappa shape index (κ2) is 10.3. The third-order valence-corrected chi connectivity index (χ3v) is 6.02. The molecule has 0 bridgehead atoms. The van der Waals surface area contributed by atoms with Crippen molar-refractivity contribution in [2.75, 3.05) is 32.6 Å². The molecule has 0 radical (unpaired) electrons. The summed E-state index contributed by atoms with van der Waals surface area (Å²) in [4.78, 5) is 27.9. The molecule has 1 unspecified atom stereocenters. The lowest BCUT2D eigenvalue weighted by atomic mass is 9.91. The van der Waals surface area contributed by atoms with Gasteiger partial charge in [0.1, 0.15) is 0 Å². The lowest BCUT2D eigenvalue weighted by Gasteiger charge is -2.38. The van der Waals surface area contributed by atoms with Crippen molar-refractivity contribution in [1.29, 1.82) is 0 Å². The number of fused-ring (bicyclic) bond motifs is 1. The van der Waals surface area contributed by atoms with E-state index in [1.165, 1.54) is 0 Å². The Kier molecular flexibility index (Phi) is 7.01. The van der Waals surface area contributed by atoms with E-state index in [1.807, 2.05) is 61.5 Å². The monoisotopic (exact) mass is 459 g/mol. The first kappa shape index (κ1) is 23.2. The fourth-order valence-electron chi connectivity index (χ4n) is 4.29. The molecule has 34 heavy (non-hydrogen) atoms. The third kappa shape index (κ3) is 4.98. The lowest BCUT2D eigenvalue weighted by molar-refractivity contribution is 0.0936. The van der Waals surface area contributed by atoms with Gasteiger partial charge in [0.15, 0.2) is 11.5 Å². The van der Waals surface area contributed by atoms with Gasteiger partial charge in [-0.25, -0.2) is 4.79 Å². The van der Waals surface area contributed by atoms with Gasteiger partial charge in [-0.15, -0.1) is 0 Å². The van der Waals surface area contributed by atoms with Gasteiger partial charge in [0.05, 0.1) is 20.3 Å². The Hall–Kier alpha value is -4.00. The molecule has 3 amide bonds. The molecule has 0 saturated carbocycles. The molecule has 3 aromatic rings. The van der Waals surface area contributed by atoms with Gasteiger partial charge in [0, 0.05) is 24.3 Å². The van der Waals surface area contributed by atoms with Gasteiger partial charge in [0.25, 0.3) is 5.91 Å². The highest BCUT2D eigenvalue weighted by atomic mass is 16.5. The van der Waals surface area contributed by atoms with Crippen LogP contribution in [0.25, 0.3) is 0 Å². The molecule has 1 aliphatic rings. The van der Waals surface area contributed by atoms with Crippen LogP contribution in [0.15, 0.2) is 66.7 Å². The van der Waals surface area contributed by atoms with Crippen LogP contribution in [-0.4, -0.2) is 44.1 Å². The average molecular weight is 460 g/mol. The summed E-state index contributed by atoms with van der Waals surface area (Å²) < 4.78 is 11.0. The maximum absolute atomic E-state index is 13.3. The smallest absolute Gasteiger partial charge is 0.322 e. The summed E-state index contributed by atoms with van der Waals surface area (Å²) in [6, 6.07) is 20.0. The molecule has 4 rings (SSSR count). The second-order valence-corrected chi connectivity index (χ2v) is 8.24. The quantitative estimate of drug-likeness (QED) is 0.566. The normalized spacial score (nSPS) is 14.7. The van der Waals surface area contributed by atoms with E-state index >= 15 is 0 Å². The maximum atomic E-state index is 13.3. The van der Waals surface area contributed by atoms with Gasteiger partial charge in [0.2, 0.25) is 0 Å². The summed E-state index contributed by atoms with van der Waals surface area (Å²) in [7, 11) is 3.19. The van der Waals surface area contributed by atoms with Crippen LogP contribution >= 0.6 is 0 Å². The number of carbonyl (C=O) groups excluding carboxylic acids is 2. The van der Waals surface area contributed by atoms with Crippen LogP contribution < -0.4 is 20.1 Å². The number of rotatable bonds is 6. The van der Waals surface area contributed by atoms with Gasteiger partial charge in [-0.2, -0.15) is 0 Å². The summed E-state index contributed by atoms with van der Waals surface area (Å²) in [6.45, 7) is 2.75. The number of methoxy groups -OCH3 is 2. The molecule has 0 aromatic heterocycles. The molecule has 176 valence electrons. The molecule has 1 aliphatic heterocycles. The van der Waals surface area contributed by atoms with E-state index < -0.39 is 0 Å². The van der Waals surface area contributed by atoms with E-state index in [4.69, 9.17) is 9.47 Å². The standard InChI is InChI=1S/C27H29N3O4/c1-18-8-7-11-21(14-18)29-27(32)30-13-12-20-15-24(33-2)25(34-3)16-22(20)23(30)17-28-26(31)19-9-5-4-6-10-19/h4-11,14-16,23H,12-13,17H2,1-3H3,(H,28,31)(H,29,32). The molecule has 0 spiro atoms. The Bertz CT molecular complexity index is 1180. The molecule has 0 fully saturated rings. The molecule has 3 aromatic carbocycles. The lowest BCUT2D eigenvalue weighted by Crippen LogP contribution is -2.46. The fraction of sp³-hybridized carbons (Fsp3) is 0.259. The van der Waals surface area contributed by atoms with E-state index in [0.29, 0.717) is 30.0 Å². The van der Waals surface area contributed by atoms with Crippen LogP contribution in [0.4, 0.5) is 10.5 Å². The maximum Gasteiger partial charge on any atom is 0.322 e. The van der Waals surface area contributed by atoms with Crippen molar-refractivity contribution in [2.24, 2.45) is 0 Å². The van der Waals surface area contributed by atoms with E-state index in [0.717, 1.165) is 22.4 Å². The van der Waals surface area contributed by atoms with Gasteiger partial charge in [-0.3, -0.25) is 4.79 Å². The van der Waals surface area contributed by atoms with E-state index in [9.17, 15) is 9.59 Å². The first-order valence-electron chi connectivity index (χ1n) is 11.2. The van der Waals surface area contributed by atoms with Crippen LogP contribution in [0.2, 0.25) is 0 Å². The van der Waals surface area contributed by atoms with Crippen molar-refractivity contribution in [1.82, 2.24) is 10.2 Å². The van der Waals surface area contributed by atoms with Crippen molar-refractivity contribution in [3.63, 3.8) is 0 Å². The number of urea groups is 1. The predicted molar refractivity (Wildman–Crippen MR) is 132 cm³/mol. The van der Waals surface area contributed by atoms with Gasteiger partial charge >= 0.3 is 6.03 Å². The average Bonchev–Trinajstić information content (AvgIpc) is 2.86.